The lowest BCUT2D eigenvalue weighted by atomic mass is 10.1. The summed E-state index contributed by atoms with van der Waals surface area (Å²) in [6, 6.07) is 8.24. The molecule has 3 aromatic rings. The molecule has 0 radical (unpaired) electrons. The fourth-order valence-corrected chi connectivity index (χ4v) is 6.36. The normalized spacial score (nSPS) is 18.1. The number of hydrogen-bond donors (Lipinski definition) is 1. The van der Waals surface area contributed by atoms with Crippen molar-refractivity contribution in [1.29, 1.82) is 5.26 Å². The molecule has 0 atom stereocenters. The van der Waals surface area contributed by atoms with E-state index in [1.54, 1.807) is 10.9 Å². The van der Waals surface area contributed by atoms with Crippen LogP contribution in [0, 0.1) is 11.3 Å². The Bertz CT molecular complexity index is 1490. The first-order chi connectivity index (χ1) is 19.2. The number of anilines is 1. The van der Waals surface area contributed by atoms with Crippen molar-refractivity contribution in [3.63, 3.8) is 0 Å². The van der Waals surface area contributed by atoms with Gasteiger partial charge in [0.1, 0.15) is 6.07 Å². The second-order valence-corrected chi connectivity index (χ2v) is 12.7. The summed E-state index contributed by atoms with van der Waals surface area (Å²) in [5, 5.41) is 18.1. The van der Waals surface area contributed by atoms with Crippen molar-refractivity contribution in [3.05, 3.63) is 52.9 Å². The van der Waals surface area contributed by atoms with E-state index in [1.165, 1.54) is 16.8 Å². The molecule has 2 aliphatic heterocycles. The number of piperazine rings is 1. The molecular formula is C27H34ClN9O2S. The first kappa shape index (κ1) is 28.4. The minimum absolute atomic E-state index is 0.0364. The van der Waals surface area contributed by atoms with E-state index in [9.17, 15) is 13.7 Å². The molecule has 40 heavy (non-hydrogen) atoms. The zero-order valence-electron chi connectivity index (χ0n) is 22.8. The van der Waals surface area contributed by atoms with Gasteiger partial charge in [0.05, 0.1) is 40.6 Å². The zero-order chi connectivity index (χ0) is 28.3. The molecule has 2 saturated heterocycles. The SMILES string of the molecule is CCN1CCN(Cc2ccc(-n3cc(-c4nc(NC5CCN(S(C)(=O)=O)CC5)ncc4C#N)cn3)c(Cl)c2)CC1. The number of benzene rings is 1. The van der Waals surface area contributed by atoms with Crippen molar-refractivity contribution in [2.24, 2.45) is 0 Å². The Kier molecular flexibility index (Phi) is 8.68. The van der Waals surface area contributed by atoms with E-state index in [-0.39, 0.29) is 6.04 Å². The predicted octanol–water partition coefficient (Wildman–Crippen LogP) is 2.83. The smallest absolute Gasteiger partial charge is 0.223 e. The molecule has 0 amide bonds. The highest BCUT2D eigenvalue weighted by molar-refractivity contribution is 7.88. The van der Waals surface area contributed by atoms with E-state index < -0.39 is 10.0 Å². The summed E-state index contributed by atoms with van der Waals surface area (Å²) in [6.45, 7) is 9.32. The van der Waals surface area contributed by atoms with Crippen molar-refractivity contribution in [2.75, 3.05) is 57.4 Å². The number of likely N-dealkylation sites (N-methyl/N-ethyl adjacent to an activating group) is 1. The van der Waals surface area contributed by atoms with Gasteiger partial charge in [0.25, 0.3) is 0 Å². The van der Waals surface area contributed by atoms with Crippen LogP contribution in [0.15, 0.2) is 36.8 Å². The number of sulfonamides is 1. The van der Waals surface area contributed by atoms with Crippen molar-refractivity contribution in [3.8, 4) is 23.0 Å². The Morgan fingerprint density at radius 1 is 1.10 bits per heavy atom. The number of rotatable bonds is 8. The monoisotopic (exact) mass is 583 g/mol. The van der Waals surface area contributed by atoms with Crippen molar-refractivity contribution in [2.45, 2.75) is 32.4 Å². The number of piperidine rings is 1. The Morgan fingerprint density at radius 2 is 1.82 bits per heavy atom. The molecule has 0 aliphatic carbocycles. The van der Waals surface area contributed by atoms with Gasteiger partial charge < -0.3 is 10.2 Å². The third-order valence-electron chi connectivity index (χ3n) is 7.60. The molecule has 2 aromatic heterocycles. The summed E-state index contributed by atoms with van der Waals surface area (Å²) in [5.74, 6) is 0.390. The van der Waals surface area contributed by atoms with Crippen LogP contribution in [0.4, 0.5) is 5.95 Å². The second kappa shape index (κ2) is 12.2. The van der Waals surface area contributed by atoms with E-state index in [4.69, 9.17) is 11.6 Å². The lowest BCUT2D eigenvalue weighted by Crippen LogP contribution is -2.45. The van der Waals surface area contributed by atoms with Gasteiger partial charge in [-0.2, -0.15) is 10.4 Å². The second-order valence-electron chi connectivity index (χ2n) is 10.3. The number of hydrogen-bond acceptors (Lipinski definition) is 9. The molecule has 0 bridgehead atoms. The van der Waals surface area contributed by atoms with Crippen molar-refractivity contribution in [1.82, 2.24) is 33.9 Å². The highest BCUT2D eigenvalue weighted by Crippen LogP contribution is 2.27. The standard InChI is InChI=1S/C27H34ClN9O2S/c1-3-34-10-12-35(13-11-34)18-20-4-5-25(24(28)14-20)37-19-22(17-31-37)26-21(15-29)16-30-27(33-26)32-23-6-8-36(9-7-23)40(2,38)39/h4-5,14,16-17,19,23H,3,6-13,18H2,1-2H3,(H,30,32,33). The minimum atomic E-state index is -3.19. The number of nitrogens with zero attached hydrogens (tertiary/aromatic N) is 8. The third kappa shape index (κ3) is 6.62. The van der Waals surface area contributed by atoms with Crippen LogP contribution in [0.1, 0.15) is 30.9 Å². The van der Waals surface area contributed by atoms with Crippen LogP contribution in [-0.4, -0.2) is 100 Å². The van der Waals surface area contributed by atoms with Gasteiger partial charge in [-0.25, -0.2) is 27.4 Å². The Morgan fingerprint density at radius 3 is 2.48 bits per heavy atom. The van der Waals surface area contributed by atoms with Gasteiger partial charge in [-0.15, -0.1) is 0 Å². The third-order valence-corrected chi connectivity index (χ3v) is 9.20. The fourth-order valence-electron chi connectivity index (χ4n) is 5.20. The van der Waals surface area contributed by atoms with Gasteiger partial charge in [0.15, 0.2) is 0 Å². The topological polar surface area (TPSA) is 123 Å². The van der Waals surface area contributed by atoms with Gasteiger partial charge in [0.2, 0.25) is 16.0 Å². The molecule has 0 saturated carbocycles. The quantitative estimate of drug-likeness (QED) is 0.426. The minimum Gasteiger partial charge on any atom is -0.351 e. The summed E-state index contributed by atoms with van der Waals surface area (Å²) in [7, 11) is -3.19. The van der Waals surface area contributed by atoms with Crippen LogP contribution in [-0.2, 0) is 16.6 Å². The highest BCUT2D eigenvalue weighted by atomic mass is 35.5. The average Bonchev–Trinajstić information content (AvgIpc) is 3.43. The summed E-state index contributed by atoms with van der Waals surface area (Å²) in [6.07, 6.45) is 7.49. The molecule has 1 aromatic carbocycles. The molecule has 2 fully saturated rings. The molecule has 5 rings (SSSR count). The molecule has 13 heteroatoms. The lowest BCUT2D eigenvalue weighted by molar-refractivity contribution is 0.132. The Labute approximate surface area is 240 Å². The van der Waals surface area contributed by atoms with Crippen molar-refractivity contribution < 1.29 is 8.42 Å². The fraction of sp³-hybridized carbons (Fsp3) is 0.481. The van der Waals surface area contributed by atoms with Crippen LogP contribution < -0.4 is 5.32 Å². The highest BCUT2D eigenvalue weighted by Gasteiger charge is 2.25. The molecule has 11 nitrogen and oxygen atoms in total. The van der Waals surface area contributed by atoms with E-state index in [1.807, 2.05) is 18.3 Å². The molecule has 212 valence electrons. The molecule has 0 spiro atoms. The van der Waals surface area contributed by atoms with Crippen LogP contribution in [0.25, 0.3) is 16.9 Å². The Balaban J connectivity index is 1.28. The molecule has 4 heterocycles. The van der Waals surface area contributed by atoms with Crippen LogP contribution in [0.2, 0.25) is 5.02 Å². The molecule has 0 unspecified atom stereocenters. The van der Waals surface area contributed by atoms with Gasteiger partial charge in [0, 0.05) is 63.6 Å². The molecule has 2 aliphatic rings. The number of aromatic nitrogens is 4. The van der Waals surface area contributed by atoms with E-state index in [0.29, 0.717) is 53.7 Å². The maximum Gasteiger partial charge on any atom is 0.223 e. The van der Waals surface area contributed by atoms with Gasteiger partial charge in [-0.3, -0.25) is 4.90 Å². The summed E-state index contributed by atoms with van der Waals surface area (Å²) in [4.78, 5) is 13.8. The number of nitrogens with one attached hydrogen (secondary N) is 1. The number of halogens is 1. The summed E-state index contributed by atoms with van der Waals surface area (Å²) >= 11 is 6.70. The maximum absolute atomic E-state index is 11.8. The average molecular weight is 584 g/mol. The van der Waals surface area contributed by atoms with Crippen LogP contribution >= 0.6 is 11.6 Å². The van der Waals surface area contributed by atoms with E-state index >= 15 is 0 Å². The largest absolute Gasteiger partial charge is 0.351 e. The molecular weight excluding hydrogens is 550 g/mol. The first-order valence-corrected chi connectivity index (χ1v) is 15.7. The zero-order valence-corrected chi connectivity index (χ0v) is 24.4. The number of nitriles is 1. The van der Waals surface area contributed by atoms with Crippen LogP contribution in [0.3, 0.4) is 0 Å². The maximum atomic E-state index is 11.8. The van der Waals surface area contributed by atoms with Crippen LogP contribution in [0.5, 0.6) is 0 Å². The van der Waals surface area contributed by atoms with Gasteiger partial charge in [-0.1, -0.05) is 24.6 Å². The first-order valence-electron chi connectivity index (χ1n) is 13.5. The van der Waals surface area contributed by atoms with Crippen molar-refractivity contribution >= 4 is 27.6 Å². The summed E-state index contributed by atoms with van der Waals surface area (Å²) < 4.78 is 26.8. The van der Waals surface area contributed by atoms with Gasteiger partial charge in [-0.05, 0) is 37.1 Å². The molecule has 1 N–H and O–H groups in total. The lowest BCUT2D eigenvalue weighted by Gasteiger charge is -2.34. The van der Waals surface area contributed by atoms with E-state index in [2.05, 4.69) is 49.2 Å². The predicted molar refractivity (Wildman–Crippen MR) is 155 cm³/mol. The van der Waals surface area contributed by atoms with E-state index in [0.717, 1.165) is 50.5 Å². The van der Waals surface area contributed by atoms with Gasteiger partial charge >= 0.3 is 0 Å². The summed E-state index contributed by atoms with van der Waals surface area (Å²) in [5.41, 5.74) is 3.38. The Hall–Kier alpha value is -3.08.